The number of nitrogens with one attached hydrogen (secondary N) is 1. The summed E-state index contributed by atoms with van der Waals surface area (Å²) in [4.78, 5) is 7.66. The molecule has 4 rings (SSSR count). The molecule has 1 aromatic carbocycles. The Hall–Kier alpha value is -3.42. The van der Waals surface area contributed by atoms with Crippen molar-refractivity contribution in [2.24, 2.45) is 0 Å². The molecule has 148 valence electrons. The Morgan fingerprint density at radius 2 is 1.86 bits per heavy atom. The van der Waals surface area contributed by atoms with E-state index in [-0.39, 0.29) is 17.0 Å². The van der Waals surface area contributed by atoms with Crippen molar-refractivity contribution in [2.45, 2.75) is 19.5 Å². The second-order valence-electron chi connectivity index (χ2n) is 6.70. The Kier molecular flexibility index (Phi) is 4.49. The van der Waals surface area contributed by atoms with Crippen LogP contribution in [0.15, 0.2) is 49.4 Å². The molecule has 8 heteroatoms. The van der Waals surface area contributed by atoms with Gasteiger partial charge in [0.1, 0.15) is 11.6 Å². The van der Waals surface area contributed by atoms with Gasteiger partial charge >= 0.3 is 6.11 Å². The van der Waals surface area contributed by atoms with E-state index in [1.165, 1.54) is 6.20 Å². The van der Waals surface area contributed by atoms with Gasteiger partial charge < -0.3 is 10.1 Å². The number of rotatable bonds is 4. The van der Waals surface area contributed by atoms with Crippen LogP contribution in [0, 0.1) is 18.6 Å². The third kappa shape index (κ3) is 3.65. The lowest BCUT2D eigenvalue weighted by molar-refractivity contribution is -0.159. The third-order valence-corrected chi connectivity index (χ3v) is 4.57. The van der Waals surface area contributed by atoms with Crippen LogP contribution in [0.3, 0.4) is 0 Å². The lowest BCUT2D eigenvalue weighted by Gasteiger charge is -2.12. The Morgan fingerprint density at radius 1 is 1.14 bits per heavy atom. The molecule has 1 aliphatic rings. The van der Waals surface area contributed by atoms with Crippen molar-refractivity contribution in [3.63, 3.8) is 0 Å². The molecule has 0 saturated heterocycles. The quantitative estimate of drug-likeness (QED) is 0.600. The topological polar surface area (TPSA) is 47.0 Å². The number of hydrogen-bond acceptors (Lipinski definition) is 4. The van der Waals surface area contributed by atoms with E-state index in [0.717, 1.165) is 23.5 Å². The van der Waals surface area contributed by atoms with Gasteiger partial charge in [-0.25, -0.2) is 13.8 Å². The van der Waals surface area contributed by atoms with Crippen molar-refractivity contribution < 1.29 is 22.3 Å². The standard InChI is InChI=1S/C21H15F4N3O/c1-11-5-18-14(7-21(24,25)29-18)6-15(11)13-3-4-19(27-8-13)28-12(2)20-16(22)9-26-10-17(20)23/h3-6,8-10H,2,7H2,1H3,(H,27,28). The summed E-state index contributed by atoms with van der Waals surface area (Å²) in [5.41, 5.74) is 2.31. The van der Waals surface area contributed by atoms with Gasteiger partial charge in [0.15, 0.2) is 11.6 Å². The van der Waals surface area contributed by atoms with Crippen molar-refractivity contribution in [3.8, 4) is 16.9 Å². The molecule has 0 atom stereocenters. The van der Waals surface area contributed by atoms with Crippen LogP contribution in [0.5, 0.6) is 5.75 Å². The third-order valence-electron chi connectivity index (χ3n) is 4.57. The van der Waals surface area contributed by atoms with Gasteiger partial charge in [-0.2, -0.15) is 8.78 Å². The van der Waals surface area contributed by atoms with E-state index in [9.17, 15) is 17.6 Å². The Morgan fingerprint density at radius 3 is 2.52 bits per heavy atom. The molecule has 0 saturated carbocycles. The van der Waals surface area contributed by atoms with Crippen molar-refractivity contribution in [1.82, 2.24) is 9.97 Å². The molecule has 0 aliphatic carbocycles. The Balaban J connectivity index is 1.57. The van der Waals surface area contributed by atoms with E-state index in [2.05, 4.69) is 26.6 Å². The minimum atomic E-state index is -3.20. The molecule has 29 heavy (non-hydrogen) atoms. The van der Waals surface area contributed by atoms with Gasteiger partial charge in [-0.15, -0.1) is 0 Å². The van der Waals surface area contributed by atoms with Crippen LogP contribution < -0.4 is 10.1 Å². The summed E-state index contributed by atoms with van der Waals surface area (Å²) in [6.45, 7) is 5.44. The highest BCUT2D eigenvalue weighted by atomic mass is 19.3. The summed E-state index contributed by atoms with van der Waals surface area (Å²) in [6.07, 6.45) is -0.349. The molecule has 1 aliphatic heterocycles. The van der Waals surface area contributed by atoms with E-state index in [0.29, 0.717) is 16.9 Å². The van der Waals surface area contributed by atoms with E-state index >= 15 is 0 Å². The summed E-state index contributed by atoms with van der Waals surface area (Å²) >= 11 is 0. The monoisotopic (exact) mass is 401 g/mol. The zero-order valence-electron chi connectivity index (χ0n) is 15.3. The second-order valence-corrected chi connectivity index (χ2v) is 6.70. The van der Waals surface area contributed by atoms with E-state index in [1.54, 1.807) is 31.2 Å². The smallest absolute Gasteiger partial charge is 0.402 e. The first-order valence-corrected chi connectivity index (χ1v) is 8.65. The predicted molar refractivity (Wildman–Crippen MR) is 100 cm³/mol. The number of ether oxygens (including phenoxy) is 1. The number of aromatic nitrogens is 2. The first-order chi connectivity index (χ1) is 13.7. The fraction of sp³-hybridized carbons (Fsp3) is 0.143. The van der Waals surface area contributed by atoms with E-state index < -0.39 is 24.2 Å². The van der Waals surface area contributed by atoms with Gasteiger partial charge in [0, 0.05) is 23.0 Å². The summed E-state index contributed by atoms with van der Waals surface area (Å²) in [5.74, 6) is -1.18. The first-order valence-electron chi connectivity index (χ1n) is 8.65. The fourth-order valence-corrected chi connectivity index (χ4v) is 3.23. The average Bonchev–Trinajstić information content (AvgIpc) is 2.94. The van der Waals surface area contributed by atoms with Crippen LogP contribution in [0.4, 0.5) is 23.4 Å². The van der Waals surface area contributed by atoms with Crippen molar-refractivity contribution >= 4 is 11.5 Å². The van der Waals surface area contributed by atoms with Gasteiger partial charge in [-0.3, -0.25) is 4.98 Å². The van der Waals surface area contributed by atoms with E-state index in [4.69, 9.17) is 0 Å². The molecule has 0 unspecified atom stereocenters. The van der Waals surface area contributed by atoms with Gasteiger partial charge in [-0.1, -0.05) is 6.58 Å². The maximum absolute atomic E-state index is 13.8. The first kappa shape index (κ1) is 18.9. The van der Waals surface area contributed by atoms with Gasteiger partial charge in [-0.05, 0) is 42.3 Å². The molecular weight excluding hydrogens is 386 g/mol. The number of hydrogen-bond donors (Lipinski definition) is 1. The molecule has 2 aromatic heterocycles. The normalized spacial score (nSPS) is 14.2. The van der Waals surface area contributed by atoms with Crippen molar-refractivity contribution in [3.05, 3.63) is 77.8 Å². The summed E-state index contributed by atoms with van der Waals surface area (Å²) in [6, 6.07) is 6.57. The largest absolute Gasteiger partial charge is 0.432 e. The van der Waals surface area contributed by atoms with Crippen molar-refractivity contribution in [1.29, 1.82) is 0 Å². The van der Waals surface area contributed by atoms with Crippen LogP contribution >= 0.6 is 0 Å². The zero-order chi connectivity index (χ0) is 20.8. The van der Waals surface area contributed by atoms with Crippen LogP contribution in [0.25, 0.3) is 16.8 Å². The summed E-state index contributed by atoms with van der Waals surface area (Å²) < 4.78 is 59.2. The maximum Gasteiger partial charge on any atom is 0.402 e. The highest BCUT2D eigenvalue weighted by Crippen LogP contribution is 2.40. The fourth-order valence-electron chi connectivity index (χ4n) is 3.23. The number of aryl methyl sites for hydroxylation is 1. The number of benzene rings is 1. The molecule has 3 aromatic rings. The zero-order valence-corrected chi connectivity index (χ0v) is 15.3. The molecule has 4 nitrogen and oxygen atoms in total. The van der Waals surface area contributed by atoms with Crippen LogP contribution in [-0.4, -0.2) is 16.1 Å². The molecular formula is C21H15F4N3O. The highest BCUT2D eigenvalue weighted by molar-refractivity contribution is 5.76. The van der Waals surface area contributed by atoms with Crippen LogP contribution in [0.1, 0.15) is 16.7 Å². The number of anilines is 1. The molecule has 0 fully saturated rings. The highest BCUT2D eigenvalue weighted by Gasteiger charge is 2.40. The van der Waals surface area contributed by atoms with Crippen LogP contribution in [0.2, 0.25) is 0 Å². The summed E-state index contributed by atoms with van der Waals surface area (Å²) in [5, 5.41) is 2.75. The summed E-state index contributed by atoms with van der Waals surface area (Å²) in [7, 11) is 0. The average molecular weight is 401 g/mol. The Bertz CT molecular complexity index is 1090. The molecule has 0 radical (unpaired) electrons. The SMILES string of the molecule is C=C(Nc1ccc(-c2cc3c(cc2C)OC(F)(F)C3)cn1)c1c(F)cncc1F. The van der Waals surface area contributed by atoms with Gasteiger partial charge in [0.25, 0.3) is 0 Å². The molecule has 0 spiro atoms. The van der Waals surface area contributed by atoms with Crippen molar-refractivity contribution in [2.75, 3.05) is 5.32 Å². The number of alkyl halides is 2. The number of halogens is 4. The molecule has 0 bridgehead atoms. The Labute approximate surface area is 163 Å². The maximum atomic E-state index is 13.8. The number of fused-ring (bicyclic) bond motifs is 1. The number of pyridine rings is 2. The van der Waals surface area contributed by atoms with Gasteiger partial charge in [0.2, 0.25) is 0 Å². The lowest BCUT2D eigenvalue weighted by atomic mass is 9.98. The lowest BCUT2D eigenvalue weighted by Crippen LogP contribution is -2.20. The molecule has 3 heterocycles. The minimum absolute atomic E-state index is 0.00394. The number of nitrogens with zero attached hydrogens (tertiary/aromatic N) is 2. The minimum Gasteiger partial charge on any atom is -0.432 e. The molecule has 1 N–H and O–H groups in total. The van der Waals surface area contributed by atoms with Crippen LogP contribution in [-0.2, 0) is 6.42 Å². The predicted octanol–water partition coefficient (Wildman–Crippen LogP) is 5.34. The second kappa shape index (κ2) is 6.88. The molecule has 0 amide bonds. The van der Waals surface area contributed by atoms with E-state index in [1.807, 2.05) is 0 Å². The van der Waals surface area contributed by atoms with Gasteiger partial charge in [0.05, 0.1) is 24.4 Å².